The van der Waals surface area contributed by atoms with Crippen LogP contribution in [0, 0.1) is 0 Å². The van der Waals surface area contributed by atoms with E-state index in [9.17, 15) is 4.79 Å². The number of carbonyl (C=O) groups excluding carboxylic acids is 1. The summed E-state index contributed by atoms with van der Waals surface area (Å²) in [7, 11) is 0. The van der Waals surface area contributed by atoms with Crippen molar-refractivity contribution >= 4 is 5.97 Å². The maximum atomic E-state index is 11.3. The fourth-order valence-corrected chi connectivity index (χ4v) is 1.98. The van der Waals surface area contributed by atoms with Crippen molar-refractivity contribution in [3.8, 4) is 0 Å². The van der Waals surface area contributed by atoms with Gasteiger partial charge >= 0.3 is 5.97 Å². The summed E-state index contributed by atoms with van der Waals surface area (Å²) in [6.45, 7) is 2.17. The highest BCUT2D eigenvalue weighted by Crippen LogP contribution is 2.08. The van der Waals surface area contributed by atoms with Crippen molar-refractivity contribution in [1.29, 1.82) is 0 Å². The molecule has 104 valence electrons. The van der Waals surface area contributed by atoms with Gasteiger partial charge in [0.15, 0.2) is 0 Å². The topological polar surface area (TPSA) is 35.5 Å². The van der Waals surface area contributed by atoms with E-state index in [4.69, 9.17) is 9.47 Å². The van der Waals surface area contributed by atoms with Crippen LogP contribution in [-0.4, -0.2) is 25.8 Å². The number of ether oxygens (including phenoxy) is 2. The Morgan fingerprint density at radius 3 is 2.22 bits per heavy atom. The van der Waals surface area contributed by atoms with Gasteiger partial charge in [-0.05, 0) is 32.1 Å². The zero-order valence-electron chi connectivity index (χ0n) is 11.4. The number of esters is 1. The third kappa shape index (κ3) is 9.23. The number of cyclic esters (lactones) is 1. The molecule has 0 spiro atoms. The Bertz CT molecular complexity index is 236. The molecule has 18 heavy (non-hydrogen) atoms. The molecule has 1 aliphatic heterocycles. The minimum Gasteiger partial charge on any atom is -0.463 e. The summed E-state index contributed by atoms with van der Waals surface area (Å²) < 4.78 is 10.6. The highest BCUT2D eigenvalue weighted by Gasteiger charge is 1.98. The van der Waals surface area contributed by atoms with E-state index in [1.165, 1.54) is 38.5 Å². The van der Waals surface area contributed by atoms with Crippen LogP contribution in [0.2, 0.25) is 0 Å². The molecule has 0 atom stereocenters. The van der Waals surface area contributed by atoms with Crippen LogP contribution in [0.5, 0.6) is 0 Å². The SMILES string of the molecule is O=C1/C=C\CCCCCCCCOCCCCO1. The Labute approximate surface area is 111 Å². The smallest absolute Gasteiger partial charge is 0.330 e. The van der Waals surface area contributed by atoms with Crippen LogP contribution in [-0.2, 0) is 14.3 Å². The Kier molecular flexibility index (Phi) is 9.54. The summed E-state index contributed by atoms with van der Waals surface area (Å²) in [5, 5.41) is 0. The second-order valence-corrected chi connectivity index (χ2v) is 4.80. The highest BCUT2D eigenvalue weighted by atomic mass is 16.5. The zero-order chi connectivity index (χ0) is 12.9. The molecule has 0 saturated carbocycles. The summed E-state index contributed by atoms with van der Waals surface area (Å²) in [6.07, 6.45) is 13.8. The van der Waals surface area contributed by atoms with E-state index in [0.29, 0.717) is 6.61 Å². The third-order valence-electron chi connectivity index (χ3n) is 3.09. The van der Waals surface area contributed by atoms with Crippen LogP contribution in [0.3, 0.4) is 0 Å². The van der Waals surface area contributed by atoms with Gasteiger partial charge in [0.05, 0.1) is 6.61 Å². The molecule has 0 aromatic rings. The Morgan fingerprint density at radius 1 is 0.778 bits per heavy atom. The molecule has 0 N–H and O–H groups in total. The van der Waals surface area contributed by atoms with Gasteiger partial charge in [0.2, 0.25) is 0 Å². The summed E-state index contributed by atoms with van der Waals surface area (Å²) >= 11 is 0. The molecule has 1 aliphatic rings. The molecule has 0 aromatic carbocycles. The molecular formula is C15H26O3. The largest absolute Gasteiger partial charge is 0.463 e. The van der Waals surface area contributed by atoms with Crippen molar-refractivity contribution in [2.75, 3.05) is 19.8 Å². The number of hydrogen-bond acceptors (Lipinski definition) is 3. The lowest BCUT2D eigenvalue weighted by Crippen LogP contribution is -2.04. The van der Waals surface area contributed by atoms with E-state index in [-0.39, 0.29) is 5.97 Å². The summed E-state index contributed by atoms with van der Waals surface area (Å²) in [5.74, 6) is -0.208. The van der Waals surface area contributed by atoms with E-state index in [1.807, 2.05) is 6.08 Å². The molecule has 0 bridgehead atoms. The number of rotatable bonds is 0. The van der Waals surface area contributed by atoms with Crippen molar-refractivity contribution in [3.63, 3.8) is 0 Å². The first kappa shape index (κ1) is 15.2. The predicted molar refractivity (Wildman–Crippen MR) is 72.5 cm³/mol. The van der Waals surface area contributed by atoms with Gasteiger partial charge in [0.1, 0.15) is 0 Å². The van der Waals surface area contributed by atoms with Gasteiger partial charge in [-0.15, -0.1) is 0 Å². The van der Waals surface area contributed by atoms with Crippen LogP contribution < -0.4 is 0 Å². The lowest BCUT2D eigenvalue weighted by atomic mass is 10.1. The first-order chi connectivity index (χ1) is 8.89. The maximum absolute atomic E-state index is 11.3. The highest BCUT2D eigenvalue weighted by molar-refractivity contribution is 5.81. The number of allylic oxidation sites excluding steroid dienone is 1. The lowest BCUT2D eigenvalue weighted by Gasteiger charge is -2.04. The van der Waals surface area contributed by atoms with Crippen LogP contribution >= 0.6 is 0 Å². The molecular weight excluding hydrogens is 228 g/mol. The molecule has 0 aliphatic carbocycles. The summed E-state index contributed by atoms with van der Waals surface area (Å²) in [5.41, 5.74) is 0. The van der Waals surface area contributed by atoms with Crippen LogP contribution in [0.4, 0.5) is 0 Å². The molecule has 0 amide bonds. The average Bonchev–Trinajstić information content (AvgIpc) is 2.37. The van der Waals surface area contributed by atoms with E-state index in [0.717, 1.165) is 32.5 Å². The number of carbonyl (C=O) groups is 1. The van der Waals surface area contributed by atoms with E-state index < -0.39 is 0 Å². The van der Waals surface area contributed by atoms with E-state index in [2.05, 4.69) is 0 Å². The second kappa shape index (κ2) is 11.3. The monoisotopic (exact) mass is 254 g/mol. The Morgan fingerprint density at radius 2 is 1.39 bits per heavy atom. The van der Waals surface area contributed by atoms with Crippen molar-refractivity contribution in [2.45, 2.75) is 57.8 Å². The normalized spacial score (nSPS) is 23.9. The van der Waals surface area contributed by atoms with Crippen molar-refractivity contribution in [2.24, 2.45) is 0 Å². The Balaban J connectivity index is 2.18. The van der Waals surface area contributed by atoms with Gasteiger partial charge in [-0.25, -0.2) is 4.79 Å². The average molecular weight is 254 g/mol. The second-order valence-electron chi connectivity index (χ2n) is 4.80. The van der Waals surface area contributed by atoms with Crippen molar-refractivity contribution in [3.05, 3.63) is 12.2 Å². The van der Waals surface area contributed by atoms with Crippen LogP contribution in [0.1, 0.15) is 57.8 Å². The lowest BCUT2D eigenvalue weighted by molar-refractivity contribution is -0.137. The quantitative estimate of drug-likeness (QED) is 0.619. The molecule has 1 heterocycles. The van der Waals surface area contributed by atoms with E-state index >= 15 is 0 Å². The van der Waals surface area contributed by atoms with Crippen LogP contribution in [0.25, 0.3) is 0 Å². The molecule has 3 nitrogen and oxygen atoms in total. The van der Waals surface area contributed by atoms with Gasteiger partial charge < -0.3 is 9.47 Å². The number of hydrogen-bond donors (Lipinski definition) is 0. The summed E-state index contributed by atoms with van der Waals surface area (Å²) in [6, 6.07) is 0. The fraction of sp³-hybridized carbons (Fsp3) is 0.800. The molecule has 1 rings (SSSR count). The standard InChI is InChI=1S/C15H26O3/c16-15-11-7-5-3-1-2-4-6-8-12-17-13-9-10-14-18-15/h7,11H,1-6,8-10,12-14H2/b11-7-. The van der Waals surface area contributed by atoms with Crippen molar-refractivity contribution < 1.29 is 14.3 Å². The minimum absolute atomic E-state index is 0.208. The molecule has 0 aromatic heterocycles. The van der Waals surface area contributed by atoms with Gasteiger partial charge in [-0.3, -0.25) is 0 Å². The van der Waals surface area contributed by atoms with Gasteiger partial charge in [-0.2, -0.15) is 0 Å². The predicted octanol–water partition coefficient (Wildman–Crippen LogP) is 3.63. The molecule has 0 saturated heterocycles. The van der Waals surface area contributed by atoms with Crippen LogP contribution in [0.15, 0.2) is 12.2 Å². The molecule has 0 unspecified atom stereocenters. The first-order valence-corrected chi connectivity index (χ1v) is 7.30. The first-order valence-electron chi connectivity index (χ1n) is 7.30. The molecule has 3 heteroatoms. The Hall–Kier alpha value is -0.830. The minimum atomic E-state index is -0.208. The van der Waals surface area contributed by atoms with Gasteiger partial charge in [0, 0.05) is 19.3 Å². The van der Waals surface area contributed by atoms with Gasteiger partial charge in [0.25, 0.3) is 0 Å². The molecule has 0 radical (unpaired) electrons. The third-order valence-corrected chi connectivity index (χ3v) is 3.09. The van der Waals surface area contributed by atoms with Gasteiger partial charge in [-0.1, -0.05) is 31.8 Å². The maximum Gasteiger partial charge on any atom is 0.330 e. The van der Waals surface area contributed by atoms with Crippen molar-refractivity contribution in [1.82, 2.24) is 0 Å². The van der Waals surface area contributed by atoms with E-state index in [1.54, 1.807) is 6.08 Å². The molecule has 0 fully saturated rings. The fourth-order valence-electron chi connectivity index (χ4n) is 1.98. The zero-order valence-corrected chi connectivity index (χ0v) is 11.4. The summed E-state index contributed by atoms with van der Waals surface area (Å²) in [4.78, 5) is 11.3.